The lowest BCUT2D eigenvalue weighted by Gasteiger charge is -2.18. The molecule has 0 aliphatic carbocycles. The highest BCUT2D eigenvalue weighted by Crippen LogP contribution is 2.09. The first-order valence-electron chi connectivity index (χ1n) is 4.90. The molecule has 1 amide bonds. The molecule has 0 aliphatic rings. The zero-order valence-corrected chi connectivity index (χ0v) is 9.04. The van der Waals surface area contributed by atoms with Crippen molar-refractivity contribution in [1.82, 2.24) is 5.32 Å². The molecule has 0 spiro atoms. The molecule has 0 heterocycles. The second kappa shape index (κ2) is 6.40. The third kappa shape index (κ3) is 7.58. The summed E-state index contributed by atoms with van der Waals surface area (Å²) in [5, 5.41) is 11.3. The third-order valence-corrected chi connectivity index (χ3v) is 1.87. The van der Waals surface area contributed by atoms with E-state index in [1.807, 2.05) is 0 Å². The number of aliphatic carboxylic acids is 1. The number of carbonyl (C=O) groups is 2. The number of amides is 1. The van der Waals surface area contributed by atoms with Gasteiger partial charge in [0.25, 0.3) is 0 Å². The molecule has 1 atom stereocenters. The second-order valence-electron chi connectivity index (χ2n) is 3.96. The SMILES string of the molecule is CC(=O)N[C@@H](CCC(=O)O)CC(C)C. The number of hydrogen-bond donors (Lipinski definition) is 2. The minimum atomic E-state index is -0.816. The van der Waals surface area contributed by atoms with Crippen molar-refractivity contribution in [2.45, 2.75) is 46.1 Å². The molecule has 0 rings (SSSR count). The van der Waals surface area contributed by atoms with E-state index in [0.717, 1.165) is 6.42 Å². The summed E-state index contributed by atoms with van der Waals surface area (Å²) in [6.07, 6.45) is 1.44. The largest absolute Gasteiger partial charge is 0.481 e. The van der Waals surface area contributed by atoms with E-state index in [1.54, 1.807) is 0 Å². The van der Waals surface area contributed by atoms with E-state index in [2.05, 4.69) is 19.2 Å². The first-order valence-corrected chi connectivity index (χ1v) is 4.90. The van der Waals surface area contributed by atoms with Gasteiger partial charge in [-0.3, -0.25) is 9.59 Å². The minimum Gasteiger partial charge on any atom is -0.481 e. The molecule has 14 heavy (non-hydrogen) atoms. The Kier molecular flexibility index (Phi) is 5.92. The van der Waals surface area contributed by atoms with Gasteiger partial charge in [0, 0.05) is 19.4 Å². The number of rotatable bonds is 6. The fourth-order valence-electron chi connectivity index (χ4n) is 1.40. The number of carboxylic acid groups (broad SMARTS) is 1. The molecule has 0 saturated carbocycles. The van der Waals surface area contributed by atoms with Crippen LogP contribution in [0.15, 0.2) is 0 Å². The van der Waals surface area contributed by atoms with Crippen molar-refractivity contribution in [1.29, 1.82) is 0 Å². The predicted octanol–water partition coefficient (Wildman–Crippen LogP) is 1.40. The van der Waals surface area contributed by atoms with Crippen LogP contribution in [0.4, 0.5) is 0 Å². The van der Waals surface area contributed by atoms with Gasteiger partial charge in [-0.05, 0) is 18.8 Å². The van der Waals surface area contributed by atoms with E-state index in [-0.39, 0.29) is 18.4 Å². The molecule has 82 valence electrons. The van der Waals surface area contributed by atoms with E-state index < -0.39 is 5.97 Å². The maximum atomic E-state index is 10.8. The Labute approximate surface area is 84.7 Å². The molecule has 0 aromatic heterocycles. The van der Waals surface area contributed by atoms with Crippen molar-refractivity contribution in [3.63, 3.8) is 0 Å². The summed E-state index contributed by atoms with van der Waals surface area (Å²) in [6, 6.07) is -0.0106. The topological polar surface area (TPSA) is 66.4 Å². The molecule has 0 aliphatic heterocycles. The molecule has 0 bridgehead atoms. The van der Waals surface area contributed by atoms with Gasteiger partial charge >= 0.3 is 5.97 Å². The van der Waals surface area contributed by atoms with Crippen LogP contribution in [0, 0.1) is 5.92 Å². The lowest BCUT2D eigenvalue weighted by molar-refractivity contribution is -0.137. The van der Waals surface area contributed by atoms with Gasteiger partial charge in [-0.2, -0.15) is 0 Å². The van der Waals surface area contributed by atoms with Gasteiger partial charge in [-0.25, -0.2) is 0 Å². The van der Waals surface area contributed by atoms with Crippen LogP contribution in [-0.2, 0) is 9.59 Å². The molecule has 0 saturated heterocycles. The highest BCUT2D eigenvalue weighted by molar-refractivity contribution is 5.73. The quantitative estimate of drug-likeness (QED) is 0.682. The van der Waals surface area contributed by atoms with E-state index in [0.29, 0.717) is 12.3 Å². The summed E-state index contributed by atoms with van der Waals surface area (Å²) >= 11 is 0. The molecule has 4 heteroatoms. The smallest absolute Gasteiger partial charge is 0.303 e. The van der Waals surface area contributed by atoms with Gasteiger partial charge in [0.05, 0.1) is 0 Å². The van der Waals surface area contributed by atoms with Crippen LogP contribution in [0.3, 0.4) is 0 Å². The fraction of sp³-hybridized carbons (Fsp3) is 0.800. The van der Waals surface area contributed by atoms with Crippen LogP contribution in [0.1, 0.15) is 40.0 Å². The first-order chi connectivity index (χ1) is 6.41. The van der Waals surface area contributed by atoms with Gasteiger partial charge in [0.15, 0.2) is 0 Å². The summed E-state index contributed by atoms with van der Waals surface area (Å²) in [7, 11) is 0. The average molecular weight is 201 g/mol. The van der Waals surface area contributed by atoms with Crippen LogP contribution >= 0.6 is 0 Å². The lowest BCUT2D eigenvalue weighted by Crippen LogP contribution is -2.34. The monoisotopic (exact) mass is 201 g/mol. The van der Waals surface area contributed by atoms with E-state index >= 15 is 0 Å². The van der Waals surface area contributed by atoms with Crippen LogP contribution in [0.2, 0.25) is 0 Å². The Morgan fingerprint density at radius 3 is 2.29 bits per heavy atom. The lowest BCUT2D eigenvalue weighted by atomic mass is 10.00. The molecule has 0 aromatic rings. The van der Waals surface area contributed by atoms with E-state index in [1.165, 1.54) is 6.92 Å². The Morgan fingerprint density at radius 1 is 1.36 bits per heavy atom. The fourth-order valence-corrected chi connectivity index (χ4v) is 1.40. The van der Waals surface area contributed by atoms with Gasteiger partial charge in [0.1, 0.15) is 0 Å². The maximum absolute atomic E-state index is 10.8. The van der Waals surface area contributed by atoms with Gasteiger partial charge < -0.3 is 10.4 Å². The third-order valence-electron chi connectivity index (χ3n) is 1.87. The number of carboxylic acids is 1. The summed E-state index contributed by atoms with van der Waals surface area (Å²) in [6.45, 7) is 5.55. The van der Waals surface area contributed by atoms with Crippen molar-refractivity contribution in [3.05, 3.63) is 0 Å². The van der Waals surface area contributed by atoms with Crippen LogP contribution < -0.4 is 5.32 Å². The molecule has 0 radical (unpaired) electrons. The number of hydrogen-bond acceptors (Lipinski definition) is 2. The van der Waals surface area contributed by atoms with Crippen LogP contribution in [0.5, 0.6) is 0 Å². The summed E-state index contributed by atoms with van der Waals surface area (Å²) in [5.41, 5.74) is 0. The molecular formula is C10H19NO3. The first kappa shape index (κ1) is 12.9. The normalized spacial score (nSPS) is 12.6. The van der Waals surface area contributed by atoms with Gasteiger partial charge in [-0.1, -0.05) is 13.8 Å². The standard InChI is InChI=1S/C10H19NO3/c1-7(2)6-9(11-8(3)12)4-5-10(13)14/h7,9H,4-6H2,1-3H3,(H,11,12)(H,13,14)/t9-/m0/s1. The number of carbonyl (C=O) groups excluding carboxylic acids is 1. The highest BCUT2D eigenvalue weighted by atomic mass is 16.4. The van der Waals surface area contributed by atoms with E-state index in [4.69, 9.17) is 5.11 Å². The molecular weight excluding hydrogens is 182 g/mol. The molecule has 0 fully saturated rings. The Balaban J connectivity index is 3.96. The summed E-state index contributed by atoms with van der Waals surface area (Å²) < 4.78 is 0. The summed E-state index contributed by atoms with van der Waals surface area (Å²) in [4.78, 5) is 21.2. The maximum Gasteiger partial charge on any atom is 0.303 e. The predicted molar refractivity (Wildman–Crippen MR) is 53.9 cm³/mol. The second-order valence-corrected chi connectivity index (χ2v) is 3.96. The Hall–Kier alpha value is -1.06. The molecule has 2 N–H and O–H groups in total. The average Bonchev–Trinajstić information content (AvgIpc) is 1.97. The molecule has 0 unspecified atom stereocenters. The molecule has 4 nitrogen and oxygen atoms in total. The van der Waals surface area contributed by atoms with Crippen molar-refractivity contribution in [3.8, 4) is 0 Å². The van der Waals surface area contributed by atoms with Crippen LogP contribution in [0.25, 0.3) is 0 Å². The minimum absolute atomic E-state index is 0.0106. The highest BCUT2D eigenvalue weighted by Gasteiger charge is 2.13. The van der Waals surface area contributed by atoms with Gasteiger partial charge in [0.2, 0.25) is 5.91 Å². The Morgan fingerprint density at radius 2 is 1.93 bits per heavy atom. The van der Waals surface area contributed by atoms with Crippen molar-refractivity contribution >= 4 is 11.9 Å². The van der Waals surface area contributed by atoms with E-state index in [9.17, 15) is 9.59 Å². The van der Waals surface area contributed by atoms with Crippen LogP contribution in [-0.4, -0.2) is 23.0 Å². The zero-order valence-electron chi connectivity index (χ0n) is 9.04. The zero-order chi connectivity index (χ0) is 11.1. The van der Waals surface area contributed by atoms with Gasteiger partial charge in [-0.15, -0.1) is 0 Å². The number of nitrogens with one attached hydrogen (secondary N) is 1. The summed E-state index contributed by atoms with van der Waals surface area (Å²) in [5.74, 6) is -0.453. The van der Waals surface area contributed by atoms with Crippen molar-refractivity contribution in [2.75, 3.05) is 0 Å². The molecule has 0 aromatic carbocycles. The van der Waals surface area contributed by atoms with Crippen molar-refractivity contribution < 1.29 is 14.7 Å². The van der Waals surface area contributed by atoms with Crippen molar-refractivity contribution in [2.24, 2.45) is 5.92 Å². The Bertz CT molecular complexity index is 202.